The zero-order valence-electron chi connectivity index (χ0n) is 15.6. The Balaban J connectivity index is 1.59. The summed E-state index contributed by atoms with van der Waals surface area (Å²) >= 11 is 0. The lowest BCUT2D eigenvalue weighted by Crippen LogP contribution is -2.25. The topological polar surface area (TPSA) is 97.9 Å². The van der Waals surface area contributed by atoms with Crippen LogP contribution in [0.2, 0.25) is 0 Å². The van der Waals surface area contributed by atoms with Crippen molar-refractivity contribution in [2.75, 3.05) is 12.4 Å². The summed E-state index contributed by atoms with van der Waals surface area (Å²) in [5.74, 6) is 0.602. The number of nitrogens with zero attached hydrogens (tertiary/aromatic N) is 2. The van der Waals surface area contributed by atoms with Gasteiger partial charge in [-0.2, -0.15) is 0 Å². The molecule has 146 valence electrons. The van der Waals surface area contributed by atoms with Crippen molar-refractivity contribution in [3.63, 3.8) is 0 Å². The fourth-order valence-corrected chi connectivity index (χ4v) is 2.89. The average molecular weight is 390 g/mol. The molecular formula is C21H18N4O4. The quantitative estimate of drug-likeness (QED) is 0.527. The fourth-order valence-electron chi connectivity index (χ4n) is 2.89. The van der Waals surface area contributed by atoms with Crippen molar-refractivity contribution in [3.8, 4) is 5.75 Å². The number of imidazole rings is 1. The number of hydrogen-bond acceptors (Lipinski definition) is 5. The second-order valence-electron chi connectivity index (χ2n) is 6.18. The van der Waals surface area contributed by atoms with Gasteiger partial charge in [0.05, 0.1) is 25.4 Å². The van der Waals surface area contributed by atoms with E-state index in [1.54, 1.807) is 72.3 Å². The van der Waals surface area contributed by atoms with E-state index in [4.69, 9.17) is 9.15 Å². The van der Waals surface area contributed by atoms with Gasteiger partial charge < -0.3 is 19.8 Å². The number of methoxy groups -OCH3 is 1. The number of rotatable bonds is 6. The third kappa shape index (κ3) is 3.81. The van der Waals surface area contributed by atoms with E-state index in [2.05, 4.69) is 15.6 Å². The molecule has 0 radical (unpaired) electrons. The molecular weight excluding hydrogens is 372 g/mol. The minimum Gasteiger partial charge on any atom is -0.497 e. The van der Waals surface area contributed by atoms with Gasteiger partial charge in [-0.15, -0.1) is 0 Å². The Labute approximate surface area is 166 Å². The predicted molar refractivity (Wildman–Crippen MR) is 106 cm³/mol. The Bertz CT molecular complexity index is 1150. The van der Waals surface area contributed by atoms with Crippen LogP contribution in [-0.2, 0) is 6.54 Å². The lowest BCUT2D eigenvalue weighted by atomic mass is 10.2. The minimum absolute atomic E-state index is 0.118. The Morgan fingerprint density at radius 3 is 2.62 bits per heavy atom. The molecule has 2 amide bonds. The Hall–Kier alpha value is -4.07. The van der Waals surface area contributed by atoms with Crippen molar-refractivity contribution in [3.05, 3.63) is 84.3 Å². The van der Waals surface area contributed by atoms with E-state index in [9.17, 15) is 9.59 Å². The van der Waals surface area contributed by atoms with Gasteiger partial charge in [-0.25, -0.2) is 4.98 Å². The molecule has 3 aromatic heterocycles. The van der Waals surface area contributed by atoms with Gasteiger partial charge in [0.15, 0.2) is 5.69 Å². The van der Waals surface area contributed by atoms with Crippen LogP contribution >= 0.6 is 0 Å². The first-order valence-corrected chi connectivity index (χ1v) is 8.89. The molecule has 0 atom stereocenters. The summed E-state index contributed by atoms with van der Waals surface area (Å²) in [4.78, 5) is 29.7. The van der Waals surface area contributed by atoms with E-state index < -0.39 is 11.8 Å². The van der Waals surface area contributed by atoms with Gasteiger partial charge in [0.2, 0.25) is 5.82 Å². The molecule has 0 spiro atoms. The van der Waals surface area contributed by atoms with Gasteiger partial charge in [-0.3, -0.25) is 14.0 Å². The monoisotopic (exact) mass is 390 g/mol. The molecule has 0 saturated carbocycles. The van der Waals surface area contributed by atoms with Crippen molar-refractivity contribution in [2.24, 2.45) is 0 Å². The number of carbonyl (C=O) groups is 2. The summed E-state index contributed by atoms with van der Waals surface area (Å²) in [7, 11) is 1.57. The first-order chi connectivity index (χ1) is 14.2. The number of ether oxygens (including phenoxy) is 1. The van der Waals surface area contributed by atoms with E-state index in [0.717, 1.165) is 0 Å². The molecule has 1 aromatic carbocycles. The van der Waals surface area contributed by atoms with Crippen LogP contribution < -0.4 is 15.4 Å². The summed E-state index contributed by atoms with van der Waals surface area (Å²) < 4.78 is 11.9. The summed E-state index contributed by atoms with van der Waals surface area (Å²) in [6.45, 7) is 0.223. The number of anilines is 1. The Kier molecular flexibility index (Phi) is 4.98. The molecule has 0 fully saturated rings. The van der Waals surface area contributed by atoms with Crippen molar-refractivity contribution < 1.29 is 18.7 Å². The predicted octanol–water partition coefficient (Wildman–Crippen LogP) is 3.12. The highest BCUT2D eigenvalue weighted by Crippen LogP contribution is 2.18. The Morgan fingerprint density at radius 1 is 1.07 bits per heavy atom. The van der Waals surface area contributed by atoms with Gasteiger partial charge in [0, 0.05) is 11.9 Å². The highest BCUT2D eigenvalue weighted by Gasteiger charge is 2.21. The molecule has 3 heterocycles. The lowest BCUT2D eigenvalue weighted by molar-refractivity contribution is 0.0937. The van der Waals surface area contributed by atoms with Crippen LogP contribution in [0.4, 0.5) is 5.69 Å². The molecule has 2 N–H and O–H groups in total. The zero-order chi connectivity index (χ0) is 20.2. The SMILES string of the molecule is COc1ccc(NC(=O)c2nc(C(=O)NCc3ccco3)n3ccccc23)cc1. The number of furan rings is 1. The molecule has 0 bridgehead atoms. The normalized spacial score (nSPS) is 10.7. The van der Waals surface area contributed by atoms with Crippen LogP contribution in [0.3, 0.4) is 0 Å². The first-order valence-electron chi connectivity index (χ1n) is 8.89. The number of nitrogens with one attached hydrogen (secondary N) is 2. The van der Waals surface area contributed by atoms with Crippen LogP contribution in [0.15, 0.2) is 71.5 Å². The van der Waals surface area contributed by atoms with E-state index in [-0.39, 0.29) is 18.1 Å². The van der Waals surface area contributed by atoms with Crippen molar-refractivity contribution in [2.45, 2.75) is 6.54 Å². The van der Waals surface area contributed by atoms with Gasteiger partial charge >= 0.3 is 0 Å². The van der Waals surface area contributed by atoms with E-state index in [0.29, 0.717) is 22.7 Å². The summed E-state index contributed by atoms with van der Waals surface area (Å²) in [5, 5.41) is 5.54. The second-order valence-corrected chi connectivity index (χ2v) is 6.18. The summed E-state index contributed by atoms with van der Waals surface area (Å²) in [5.41, 5.74) is 1.28. The smallest absolute Gasteiger partial charge is 0.288 e. The largest absolute Gasteiger partial charge is 0.497 e. The minimum atomic E-state index is -0.413. The number of pyridine rings is 1. The molecule has 4 rings (SSSR count). The van der Waals surface area contributed by atoms with Gasteiger partial charge in [-0.05, 0) is 48.5 Å². The molecule has 29 heavy (non-hydrogen) atoms. The number of amides is 2. The van der Waals surface area contributed by atoms with E-state index in [1.807, 2.05) is 0 Å². The number of carbonyl (C=O) groups excluding carboxylic acids is 2. The van der Waals surface area contributed by atoms with Crippen molar-refractivity contribution in [1.29, 1.82) is 0 Å². The van der Waals surface area contributed by atoms with E-state index >= 15 is 0 Å². The average Bonchev–Trinajstić information content (AvgIpc) is 3.40. The van der Waals surface area contributed by atoms with Crippen LogP contribution in [-0.4, -0.2) is 28.3 Å². The molecule has 0 unspecified atom stereocenters. The summed E-state index contributed by atoms with van der Waals surface area (Å²) in [6.07, 6.45) is 3.22. The van der Waals surface area contributed by atoms with Crippen LogP contribution in [0.1, 0.15) is 26.9 Å². The second kappa shape index (κ2) is 7.89. The zero-order valence-corrected chi connectivity index (χ0v) is 15.6. The van der Waals surface area contributed by atoms with Crippen LogP contribution in [0, 0.1) is 0 Å². The maximum absolute atomic E-state index is 12.8. The van der Waals surface area contributed by atoms with Crippen LogP contribution in [0.5, 0.6) is 5.75 Å². The number of fused-ring (bicyclic) bond motifs is 1. The van der Waals surface area contributed by atoms with Gasteiger partial charge in [-0.1, -0.05) is 6.07 Å². The maximum Gasteiger partial charge on any atom is 0.288 e. The molecule has 0 aliphatic carbocycles. The fraction of sp³-hybridized carbons (Fsp3) is 0.0952. The lowest BCUT2D eigenvalue weighted by Gasteiger charge is -2.05. The highest BCUT2D eigenvalue weighted by molar-refractivity contribution is 6.08. The standard InChI is InChI=1S/C21H18N4O4/c1-28-15-9-7-14(8-10-15)23-20(26)18-17-6-2-3-11-25(17)19(24-18)21(27)22-13-16-5-4-12-29-16/h2-12H,13H2,1H3,(H,22,27)(H,23,26). The van der Waals surface area contributed by atoms with Gasteiger partial charge in [0.25, 0.3) is 11.8 Å². The third-order valence-corrected chi connectivity index (χ3v) is 4.32. The molecule has 0 saturated heterocycles. The molecule has 8 nitrogen and oxygen atoms in total. The number of hydrogen-bond donors (Lipinski definition) is 2. The highest BCUT2D eigenvalue weighted by atomic mass is 16.5. The van der Waals surface area contributed by atoms with Gasteiger partial charge in [0.1, 0.15) is 11.5 Å². The van der Waals surface area contributed by atoms with Crippen molar-refractivity contribution in [1.82, 2.24) is 14.7 Å². The van der Waals surface area contributed by atoms with E-state index in [1.165, 1.54) is 6.26 Å². The van der Waals surface area contributed by atoms with Crippen LogP contribution in [0.25, 0.3) is 5.52 Å². The third-order valence-electron chi connectivity index (χ3n) is 4.32. The molecule has 0 aliphatic rings. The first kappa shape index (κ1) is 18.3. The van der Waals surface area contributed by atoms with Crippen molar-refractivity contribution >= 4 is 23.0 Å². The molecule has 4 aromatic rings. The molecule has 0 aliphatic heterocycles. The molecule has 8 heteroatoms. The number of benzene rings is 1. The Morgan fingerprint density at radius 2 is 1.90 bits per heavy atom. The summed E-state index contributed by atoms with van der Waals surface area (Å²) in [6, 6.07) is 15.7. The number of aromatic nitrogens is 2. The maximum atomic E-state index is 12.8.